The molecule has 2 rings (SSSR count). The van der Waals surface area contributed by atoms with Crippen molar-refractivity contribution in [3.05, 3.63) is 29.3 Å². The molecule has 0 atom stereocenters. The third kappa shape index (κ3) is 3.17. The zero-order valence-corrected chi connectivity index (χ0v) is 10.5. The van der Waals surface area contributed by atoms with Gasteiger partial charge in [0.15, 0.2) is 17.4 Å². The second-order valence-electron chi connectivity index (χ2n) is 4.65. The van der Waals surface area contributed by atoms with E-state index in [2.05, 4.69) is 4.90 Å². The van der Waals surface area contributed by atoms with Crippen LogP contribution in [0.4, 0.5) is 8.78 Å². The lowest BCUT2D eigenvalue weighted by atomic mass is 10.2. The highest BCUT2D eigenvalue weighted by Gasteiger charge is 2.25. The summed E-state index contributed by atoms with van der Waals surface area (Å²) in [5.74, 6) is -1.69. The number of hydrogen-bond donors (Lipinski definition) is 1. The summed E-state index contributed by atoms with van der Waals surface area (Å²) < 4.78 is 32.3. The average molecular weight is 256 g/mol. The second-order valence-corrected chi connectivity index (χ2v) is 4.65. The Hall–Kier alpha value is -1.20. The minimum Gasteiger partial charge on any atom is -0.486 e. The van der Waals surface area contributed by atoms with Crippen LogP contribution in [0.1, 0.15) is 18.4 Å². The van der Waals surface area contributed by atoms with Gasteiger partial charge in [0.25, 0.3) is 0 Å². The van der Waals surface area contributed by atoms with Crippen LogP contribution in [0, 0.1) is 11.6 Å². The Morgan fingerprint density at radius 3 is 2.44 bits per heavy atom. The normalized spacial score (nSPS) is 15.2. The molecule has 100 valence electrons. The van der Waals surface area contributed by atoms with Crippen LogP contribution in [-0.4, -0.2) is 31.1 Å². The molecule has 1 fully saturated rings. The van der Waals surface area contributed by atoms with E-state index in [0.717, 1.165) is 0 Å². The number of likely N-dealkylation sites (N-methyl/N-ethyl adjacent to an activating group) is 1. The minimum atomic E-state index is -0.690. The van der Waals surface area contributed by atoms with E-state index in [4.69, 9.17) is 10.5 Å². The molecule has 0 bridgehead atoms. The molecule has 0 aromatic heterocycles. The molecule has 1 aromatic rings. The lowest BCUT2D eigenvalue weighted by Crippen LogP contribution is -2.26. The summed E-state index contributed by atoms with van der Waals surface area (Å²) in [6.45, 7) is 1.06. The number of ether oxygens (including phenoxy) is 1. The highest BCUT2D eigenvalue weighted by Crippen LogP contribution is 2.26. The summed E-state index contributed by atoms with van der Waals surface area (Å²) >= 11 is 0. The average Bonchev–Trinajstić information content (AvgIpc) is 3.16. The Bertz CT molecular complexity index is 398. The molecule has 5 heteroatoms. The predicted molar refractivity (Wildman–Crippen MR) is 65.4 cm³/mol. The fourth-order valence-electron chi connectivity index (χ4n) is 1.86. The Morgan fingerprint density at radius 2 is 1.94 bits per heavy atom. The lowest BCUT2D eigenvalue weighted by Gasteiger charge is -2.16. The van der Waals surface area contributed by atoms with Gasteiger partial charge in [-0.2, -0.15) is 0 Å². The molecule has 2 N–H and O–H groups in total. The standard InChI is InChI=1S/C13H18F2N2O/c1-17(10-2-3-10)4-5-18-13-11(14)6-9(8-16)7-12(13)15/h6-7,10H,2-5,8,16H2,1H3. The van der Waals surface area contributed by atoms with Gasteiger partial charge in [0, 0.05) is 19.1 Å². The molecule has 0 amide bonds. The molecule has 3 nitrogen and oxygen atoms in total. The van der Waals surface area contributed by atoms with E-state index in [1.54, 1.807) is 0 Å². The molecule has 0 unspecified atom stereocenters. The van der Waals surface area contributed by atoms with Crippen LogP contribution in [0.5, 0.6) is 5.75 Å². The van der Waals surface area contributed by atoms with Gasteiger partial charge in [0.1, 0.15) is 6.61 Å². The number of benzene rings is 1. The molecule has 1 aromatic carbocycles. The highest BCUT2D eigenvalue weighted by molar-refractivity contribution is 5.31. The van der Waals surface area contributed by atoms with Crippen LogP contribution in [0.2, 0.25) is 0 Å². The first-order chi connectivity index (χ1) is 8.61. The molecular weight excluding hydrogens is 238 g/mol. The molecule has 0 heterocycles. The minimum absolute atomic E-state index is 0.110. The summed E-state index contributed by atoms with van der Waals surface area (Å²) in [6, 6.07) is 3.04. The smallest absolute Gasteiger partial charge is 0.190 e. The van der Waals surface area contributed by atoms with Crippen LogP contribution in [0.3, 0.4) is 0 Å². The van der Waals surface area contributed by atoms with E-state index >= 15 is 0 Å². The topological polar surface area (TPSA) is 38.5 Å². The molecule has 1 aliphatic rings. The first-order valence-corrected chi connectivity index (χ1v) is 6.13. The van der Waals surface area contributed by atoms with Crippen molar-refractivity contribution in [2.75, 3.05) is 20.2 Å². The van der Waals surface area contributed by atoms with Crippen molar-refractivity contribution in [2.24, 2.45) is 5.73 Å². The summed E-state index contributed by atoms with van der Waals surface area (Å²) in [5, 5.41) is 0. The van der Waals surface area contributed by atoms with E-state index < -0.39 is 11.6 Å². The SMILES string of the molecule is CN(CCOc1c(F)cc(CN)cc1F)C1CC1. The van der Waals surface area contributed by atoms with Gasteiger partial charge in [-0.15, -0.1) is 0 Å². The molecule has 0 saturated heterocycles. The third-order valence-electron chi connectivity index (χ3n) is 3.15. The Morgan fingerprint density at radius 1 is 1.33 bits per heavy atom. The quantitative estimate of drug-likeness (QED) is 0.844. The van der Waals surface area contributed by atoms with Crippen molar-refractivity contribution in [1.29, 1.82) is 0 Å². The van der Waals surface area contributed by atoms with Crippen LogP contribution < -0.4 is 10.5 Å². The predicted octanol–water partition coefficient (Wildman–Crippen LogP) is 1.90. The summed E-state index contributed by atoms with van der Waals surface area (Å²) in [7, 11) is 1.99. The number of hydrogen-bond acceptors (Lipinski definition) is 3. The molecular formula is C13H18F2N2O. The van der Waals surface area contributed by atoms with Gasteiger partial charge in [0.05, 0.1) is 0 Å². The summed E-state index contributed by atoms with van der Waals surface area (Å²) in [4.78, 5) is 2.14. The Labute approximate surface area is 106 Å². The number of nitrogens with zero attached hydrogens (tertiary/aromatic N) is 1. The van der Waals surface area contributed by atoms with Crippen molar-refractivity contribution < 1.29 is 13.5 Å². The molecule has 18 heavy (non-hydrogen) atoms. The number of nitrogens with two attached hydrogens (primary N) is 1. The Balaban J connectivity index is 1.91. The van der Waals surface area contributed by atoms with Crippen molar-refractivity contribution in [2.45, 2.75) is 25.4 Å². The van der Waals surface area contributed by atoms with Gasteiger partial charge in [-0.3, -0.25) is 0 Å². The fraction of sp³-hybridized carbons (Fsp3) is 0.538. The van der Waals surface area contributed by atoms with E-state index in [0.29, 0.717) is 18.2 Å². The largest absolute Gasteiger partial charge is 0.486 e. The first-order valence-electron chi connectivity index (χ1n) is 6.13. The van der Waals surface area contributed by atoms with Gasteiger partial charge in [-0.25, -0.2) is 8.78 Å². The van der Waals surface area contributed by atoms with Crippen molar-refractivity contribution in [3.63, 3.8) is 0 Å². The summed E-state index contributed by atoms with van der Waals surface area (Å²) in [5.41, 5.74) is 5.76. The third-order valence-corrected chi connectivity index (χ3v) is 3.15. The molecule has 0 spiro atoms. The zero-order valence-electron chi connectivity index (χ0n) is 10.5. The highest BCUT2D eigenvalue weighted by atomic mass is 19.1. The van der Waals surface area contributed by atoms with Crippen LogP contribution in [0.15, 0.2) is 12.1 Å². The van der Waals surface area contributed by atoms with E-state index in [1.807, 2.05) is 7.05 Å². The molecule has 0 aliphatic heterocycles. The molecule has 1 aliphatic carbocycles. The monoisotopic (exact) mass is 256 g/mol. The van der Waals surface area contributed by atoms with Gasteiger partial charge >= 0.3 is 0 Å². The van der Waals surface area contributed by atoms with Gasteiger partial charge in [-0.1, -0.05) is 0 Å². The van der Waals surface area contributed by atoms with Gasteiger partial charge < -0.3 is 15.4 Å². The lowest BCUT2D eigenvalue weighted by molar-refractivity contribution is 0.218. The van der Waals surface area contributed by atoms with E-state index in [1.165, 1.54) is 25.0 Å². The first kappa shape index (κ1) is 13.2. The van der Waals surface area contributed by atoms with Crippen LogP contribution in [-0.2, 0) is 6.54 Å². The second kappa shape index (κ2) is 5.63. The zero-order chi connectivity index (χ0) is 13.1. The van der Waals surface area contributed by atoms with E-state index in [9.17, 15) is 8.78 Å². The number of rotatable bonds is 6. The maximum absolute atomic E-state index is 13.6. The van der Waals surface area contributed by atoms with Crippen molar-refractivity contribution in [3.8, 4) is 5.75 Å². The fourth-order valence-corrected chi connectivity index (χ4v) is 1.86. The van der Waals surface area contributed by atoms with Crippen molar-refractivity contribution in [1.82, 2.24) is 4.90 Å². The molecule has 1 saturated carbocycles. The maximum Gasteiger partial charge on any atom is 0.190 e. The van der Waals surface area contributed by atoms with Crippen LogP contribution in [0.25, 0.3) is 0 Å². The molecule has 0 radical (unpaired) electrons. The maximum atomic E-state index is 13.6. The van der Waals surface area contributed by atoms with Gasteiger partial charge in [0.2, 0.25) is 0 Å². The van der Waals surface area contributed by atoms with E-state index in [-0.39, 0.29) is 18.9 Å². The van der Waals surface area contributed by atoms with Gasteiger partial charge in [-0.05, 0) is 37.6 Å². The number of halogens is 2. The van der Waals surface area contributed by atoms with Crippen LogP contribution >= 0.6 is 0 Å². The summed E-state index contributed by atoms with van der Waals surface area (Å²) in [6.07, 6.45) is 2.40. The Kier molecular flexibility index (Phi) is 4.14. The van der Waals surface area contributed by atoms with Crippen molar-refractivity contribution >= 4 is 0 Å².